The summed E-state index contributed by atoms with van der Waals surface area (Å²) < 4.78 is 28.4. The van der Waals surface area contributed by atoms with E-state index >= 15 is 0 Å². The maximum atomic E-state index is 13.7. The number of carboxylic acids is 1. The third-order valence-electron chi connectivity index (χ3n) is 2.68. The van der Waals surface area contributed by atoms with Crippen molar-refractivity contribution < 1.29 is 18.7 Å². The van der Waals surface area contributed by atoms with Crippen molar-refractivity contribution in [2.75, 3.05) is 11.9 Å². The van der Waals surface area contributed by atoms with Crippen molar-refractivity contribution in [3.63, 3.8) is 0 Å². The molecule has 106 valence electrons. The first kappa shape index (κ1) is 13.9. The lowest BCUT2D eigenvalue weighted by Crippen LogP contribution is -2.13. The van der Waals surface area contributed by atoms with Gasteiger partial charge in [0, 0.05) is 6.54 Å². The van der Waals surface area contributed by atoms with Crippen LogP contribution in [0.25, 0.3) is 0 Å². The van der Waals surface area contributed by atoms with Gasteiger partial charge in [-0.25, -0.2) is 18.3 Å². The smallest absolute Gasteiger partial charge is 0.358 e. The number of hydrogen-bond acceptors (Lipinski definition) is 4. The van der Waals surface area contributed by atoms with E-state index in [0.29, 0.717) is 5.56 Å². The van der Waals surface area contributed by atoms with Crippen LogP contribution in [0.5, 0.6) is 0 Å². The number of aryl methyl sites for hydroxylation is 1. The van der Waals surface area contributed by atoms with Gasteiger partial charge in [-0.2, -0.15) is 0 Å². The van der Waals surface area contributed by atoms with Crippen molar-refractivity contribution in [2.24, 2.45) is 0 Å². The minimum atomic E-state index is -1.18. The molecule has 20 heavy (non-hydrogen) atoms. The molecule has 6 nitrogen and oxygen atoms in total. The van der Waals surface area contributed by atoms with Gasteiger partial charge in [-0.3, -0.25) is 0 Å². The highest BCUT2D eigenvalue weighted by Crippen LogP contribution is 2.21. The van der Waals surface area contributed by atoms with E-state index < -0.39 is 17.6 Å². The molecule has 0 aliphatic carbocycles. The lowest BCUT2D eigenvalue weighted by molar-refractivity contribution is 0.0690. The number of aromatic nitrogens is 3. The van der Waals surface area contributed by atoms with Crippen molar-refractivity contribution in [3.05, 3.63) is 41.2 Å². The highest BCUT2D eigenvalue weighted by Gasteiger charge is 2.11. The van der Waals surface area contributed by atoms with Crippen LogP contribution >= 0.6 is 0 Å². The Kier molecular flexibility index (Phi) is 3.92. The first-order valence-electron chi connectivity index (χ1n) is 5.81. The van der Waals surface area contributed by atoms with Gasteiger partial charge in [0.2, 0.25) is 0 Å². The number of carboxylic acid groups (broad SMARTS) is 1. The van der Waals surface area contributed by atoms with E-state index in [0.717, 1.165) is 0 Å². The van der Waals surface area contributed by atoms with E-state index in [1.54, 1.807) is 0 Å². The first-order chi connectivity index (χ1) is 9.49. The van der Waals surface area contributed by atoms with Crippen molar-refractivity contribution in [2.45, 2.75) is 13.5 Å². The Morgan fingerprint density at radius 2 is 2.20 bits per heavy atom. The monoisotopic (exact) mass is 282 g/mol. The third kappa shape index (κ3) is 2.90. The van der Waals surface area contributed by atoms with Gasteiger partial charge in [0.1, 0.15) is 11.5 Å². The molecule has 0 spiro atoms. The van der Waals surface area contributed by atoms with Crippen LogP contribution in [0.15, 0.2) is 18.3 Å². The number of aromatic carboxylic acids is 1. The fraction of sp³-hybridized carbons (Fsp3) is 0.250. The molecule has 8 heteroatoms. The minimum Gasteiger partial charge on any atom is -0.476 e. The zero-order valence-electron chi connectivity index (χ0n) is 10.6. The van der Waals surface area contributed by atoms with Crippen molar-refractivity contribution in [1.82, 2.24) is 15.0 Å². The molecule has 0 atom stereocenters. The molecular weight excluding hydrogens is 270 g/mol. The Hall–Kier alpha value is -2.51. The molecule has 2 aromatic rings. The van der Waals surface area contributed by atoms with Crippen molar-refractivity contribution >= 4 is 11.7 Å². The third-order valence-corrected chi connectivity index (χ3v) is 2.68. The van der Waals surface area contributed by atoms with E-state index in [1.165, 1.54) is 29.9 Å². The van der Waals surface area contributed by atoms with Gasteiger partial charge in [-0.15, -0.1) is 5.10 Å². The number of nitrogens with zero attached hydrogens (tertiary/aromatic N) is 3. The summed E-state index contributed by atoms with van der Waals surface area (Å²) in [6.07, 6.45) is 1.24. The zero-order chi connectivity index (χ0) is 14.7. The second-order valence-electron chi connectivity index (χ2n) is 4.15. The molecule has 1 heterocycles. The molecule has 0 saturated carbocycles. The van der Waals surface area contributed by atoms with Gasteiger partial charge in [0.05, 0.1) is 12.7 Å². The highest BCUT2D eigenvalue weighted by atomic mass is 19.1. The normalized spacial score (nSPS) is 10.6. The Bertz CT molecular complexity index is 642. The quantitative estimate of drug-likeness (QED) is 0.872. The van der Waals surface area contributed by atoms with E-state index in [1.807, 2.05) is 0 Å². The molecule has 0 fully saturated rings. The summed E-state index contributed by atoms with van der Waals surface area (Å²) in [5, 5.41) is 18.3. The highest BCUT2D eigenvalue weighted by molar-refractivity contribution is 5.84. The number of carbonyl (C=O) groups is 1. The Labute approximate surface area is 113 Å². The molecule has 1 aromatic heterocycles. The van der Waals surface area contributed by atoms with Crippen LogP contribution in [0.1, 0.15) is 16.1 Å². The van der Waals surface area contributed by atoms with Crippen molar-refractivity contribution in [3.8, 4) is 0 Å². The second kappa shape index (κ2) is 5.64. The number of rotatable bonds is 5. The minimum absolute atomic E-state index is 0.180. The van der Waals surface area contributed by atoms with Crippen LogP contribution < -0.4 is 5.32 Å². The van der Waals surface area contributed by atoms with E-state index in [4.69, 9.17) is 5.11 Å². The fourth-order valence-corrected chi connectivity index (χ4v) is 1.62. The Balaban J connectivity index is 1.99. The number of halogens is 2. The molecule has 2 rings (SSSR count). The average molecular weight is 282 g/mol. The van der Waals surface area contributed by atoms with E-state index in [-0.39, 0.29) is 24.5 Å². The average Bonchev–Trinajstić information content (AvgIpc) is 2.87. The van der Waals surface area contributed by atoms with Crippen LogP contribution in [0.3, 0.4) is 0 Å². The number of hydrogen-bond donors (Lipinski definition) is 2. The molecule has 0 bridgehead atoms. The molecule has 2 N–H and O–H groups in total. The van der Waals surface area contributed by atoms with Gasteiger partial charge >= 0.3 is 5.97 Å². The summed E-state index contributed by atoms with van der Waals surface area (Å²) in [4.78, 5) is 10.6. The van der Waals surface area contributed by atoms with Crippen molar-refractivity contribution in [1.29, 1.82) is 0 Å². The van der Waals surface area contributed by atoms with Gasteiger partial charge in [-0.05, 0) is 18.6 Å². The topological polar surface area (TPSA) is 80.0 Å². The van der Waals surface area contributed by atoms with Gasteiger partial charge in [-0.1, -0.05) is 11.3 Å². The van der Waals surface area contributed by atoms with Crippen LogP contribution in [-0.4, -0.2) is 32.6 Å². The summed E-state index contributed by atoms with van der Waals surface area (Å²) in [5.74, 6) is -2.51. The Morgan fingerprint density at radius 1 is 1.45 bits per heavy atom. The largest absolute Gasteiger partial charge is 0.476 e. The SMILES string of the molecule is Cc1ccc(F)c(NCCn2cc(C(=O)O)nn2)c1F. The predicted molar refractivity (Wildman–Crippen MR) is 66.6 cm³/mol. The van der Waals surface area contributed by atoms with E-state index in [9.17, 15) is 13.6 Å². The lowest BCUT2D eigenvalue weighted by atomic mass is 10.2. The van der Waals surface area contributed by atoms with Gasteiger partial charge in [0.15, 0.2) is 11.5 Å². The zero-order valence-corrected chi connectivity index (χ0v) is 10.6. The van der Waals surface area contributed by atoms with Crippen LogP contribution in [0.2, 0.25) is 0 Å². The van der Waals surface area contributed by atoms with Gasteiger partial charge in [0.25, 0.3) is 0 Å². The summed E-state index contributed by atoms with van der Waals surface area (Å²) in [7, 11) is 0. The number of nitrogens with one attached hydrogen (secondary N) is 1. The van der Waals surface area contributed by atoms with Crippen LogP contribution in [-0.2, 0) is 6.54 Å². The maximum absolute atomic E-state index is 13.7. The molecule has 1 aromatic carbocycles. The summed E-state index contributed by atoms with van der Waals surface area (Å²) in [6.45, 7) is 1.95. The molecule has 0 radical (unpaired) electrons. The van der Waals surface area contributed by atoms with Crippen LogP contribution in [0, 0.1) is 18.6 Å². The first-order valence-corrected chi connectivity index (χ1v) is 5.81. The number of benzene rings is 1. The molecule has 0 amide bonds. The molecule has 0 unspecified atom stereocenters. The lowest BCUT2D eigenvalue weighted by Gasteiger charge is -2.10. The van der Waals surface area contributed by atoms with E-state index in [2.05, 4.69) is 15.6 Å². The summed E-state index contributed by atoms with van der Waals surface area (Å²) in [6, 6.07) is 2.53. The standard InChI is InChI=1S/C12H12F2N4O2/c1-7-2-3-8(13)11(10(7)14)15-4-5-18-6-9(12(19)20)16-17-18/h2-3,6,15H,4-5H2,1H3,(H,19,20). The fourth-order valence-electron chi connectivity index (χ4n) is 1.62. The Morgan fingerprint density at radius 3 is 2.85 bits per heavy atom. The molecule has 0 aliphatic heterocycles. The second-order valence-corrected chi connectivity index (χ2v) is 4.15. The maximum Gasteiger partial charge on any atom is 0.358 e. The predicted octanol–water partition coefficient (Wildman–Crippen LogP) is 1.68. The molecular formula is C12H12F2N4O2. The summed E-state index contributed by atoms with van der Waals surface area (Å²) >= 11 is 0. The molecule has 0 aliphatic rings. The van der Waals surface area contributed by atoms with Crippen LogP contribution in [0.4, 0.5) is 14.5 Å². The summed E-state index contributed by atoms with van der Waals surface area (Å²) in [5.41, 5.74) is -0.0516. The number of anilines is 1. The molecule has 0 saturated heterocycles. The van der Waals surface area contributed by atoms with Gasteiger partial charge < -0.3 is 10.4 Å².